The maximum Gasteiger partial charge on any atom is 0.128 e. The number of anilines is 1. The molecule has 14 heavy (non-hydrogen) atoms. The Kier molecular flexibility index (Phi) is 3.47. The normalized spacial score (nSPS) is 11.4. The van der Waals surface area contributed by atoms with Crippen LogP contribution in [0.2, 0.25) is 0 Å². The molecule has 78 valence electrons. The minimum absolute atomic E-state index is 0.0910. The molecular weight excluding hydrogens is 176 g/mol. The predicted molar refractivity (Wildman–Crippen MR) is 58.4 cm³/mol. The molecule has 1 rings (SSSR count). The Labute approximate surface area is 85.4 Å². The largest absolute Gasteiger partial charge is 0.396 e. The van der Waals surface area contributed by atoms with E-state index in [2.05, 4.69) is 9.88 Å². The van der Waals surface area contributed by atoms with Gasteiger partial charge in [-0.15, -0.1) is 0 Å². The van der Waals surface area contributed by atoms with Gasteiger partial charge in [0.1, 0.15) is 5.82 Å². The van der Waals surface area contributed by atoms with Crippen LogP contribution in [0.4, 0.5) is 5.82 Å². The van der Waals surface area contributed by atoms with Crippen molar-refractivity contribution in [2.75, 3.05) is 25.1 Å². The topological polar surface area (TPSA) is 36.4 Å². The molecule has 0 atom stereocenters. The zero-order chi connectivity index (χ0) is 10.6. The van der Waals surface area contributed by atoms with Crippen molar-refractivity contribution in [3.8, 4) is 0 Å². The fourth-order valence-electron chi connectivity index (χ4n) is 1.35. The molecule has 1 aromatic heterocycles. The van der Waals surface area contributed by atoms with Crippen molar-refractivity contribution in [1.29, 1.82) is 0 Å². The van der Waals surface area contributed by atoms with E-state index in [1.165, 1.54) is 0 Å². The molecule has 0 aromatic carbocycles. The second-order valence-electron chi connectivity index (χ2n) is 4.37. The predicted octanol–water partition coefficient (Wildman–Crippen LogP) is 1.54. The van der Waals surface area contributed by atoms with Gasteiger partial charge in [-0.25, -0.2) is 4.98 Å². The molecule has 1 heterocycles. The molecule has 0 spiro atoms. The molecule has 0 saturated heterocycles. The zero-order valence-electron chi connectivity index (χ0n) is 9.07. The van der Waals surface area contributed by atoms with E-state index in [1.54, 1.807) is 6.20 Å². The van der Waals surface area contributed by atoms with Gasteiger partial charge in [-0.05, 0) is 12.1 Å². The van der Waals surface area contributed by atoms with Crippen LogP contribution in [0.1, 0.15) is 13.8 Å². The fraction of sp³-hybridized carbons (Fsp3) is 0.545. The first kappa shape index (κ1) is 11.0. The molecule has 0 saturated carbocycles. The minimum atomic E-state index is -0.0910. The monoisotopic (exact) mass is 194 g/mol. The van der Waals surface area contributed by atoms with Crippen molar-refractivity contribution in [1.82, 2.24) is 4.98 Å². The molecule has 0 fully saturated rings. The molecule has 1 N–H and O–H groups in total. The molecule has 0 amide bonds. The van der Waals surface area contributed by atoms with Gasteiger partial charge in [0.15, 0.2) is 0 Å². The third kappa shape index (κ3) is 3.00. The average molecular weight is 194 g/mol. The lowest BCUT2D eigenvalue weighted by Crippen LogP contribution is -2.34. The lowest BCUT2D eigenvalue weighted by atomic mass is 9.94. The summed E-state index contributed by atoms with van der Waals surface area (Å²) in [4.78, 5) is 6.29. The molecule has 1 aromatic rings. The first-order valence-corrected chi connectivity index (χ1v) is 4.78. The molecule has 0 bridgehead atoms. The summed E-state index contributed by atoms with van der Waals surface area (Å²) in [6.45, 7) is 5.05. The van der Waals surface area contributed by atoms with Gasteiger partial charge in [-0.3, -0.25) is 0 Å². The Hall–Kier alpha value is -1.09. The van der Waals surface area contributed by atoms with Crippen molar-refractivity contribution < 1.29 is 5.11 Å². The lowest BCUT2D eigenvalue weighted by molar-refractivity contribution is 0.165. The van der Waals surface area contributed by atoms with Gasteiger partial charge in [0.25, 0.3) is 0 Å². The van der Waals surface area contributed by atoms with Crippen LogP contribution in [0.25, 0.3) is 0 Å². The molecular formula is C11H18N2O. The Morgan fingerprint density at radius 1 is 1.43 bits per heavy atom. The van der Waals surface area contributed by atoms with E-state index in [9.17, 15) is 0 Å². The summed E-state index contributed by atoms with van der Waals surface area (Å²) in [6.07, 6.45) is 1.78. The summed E-state index contributed by atoms with van der Waals surface area (Å²) in [5.41, 5.74) is -0.0910. The van der Waals surface area contributed by atoms with E-state index in [0.29, 0.717) is 0 Å². The smallest absolute Gasteiger partial charge is 0.128 e. The number of aliphatic hydroxyl groups is 1. The average Bonchev–Trinajstić information content (AvgIpc) is 2.19. The number of hydrogen-bond acceptors (Lipinski definition) is 3. The van der Waals surface area contributed by atoms with Gasteiger partial charge < -0.3 is 10.0 Å². The Balaban J connectivity index is 2.64. The van der Waals surface area contributed by atoms with Gasteiger partial charge in [-0.1, -0.05) is 19.9 Å². The van der Waals surface area contributed by atoms with Crippen molar-refractivity contribution in [2.45, 2.75) is 13.8 Å². The van der Waals surface area contributed by atoms with E-state index in [0.717, 1.165) is 12.4 Å². The molecule has 0 radical (unpaired) electrons. The highest BCUT2D eigenvalue weighted by Gasteiger charge is 2.19. The van der Waals surface area contributed by atoms with Gasteiger partial charge >= 0.3 is 0 Å². The summed E-state index contributed by atoms with van der Waals surface area (Å²) in [5.74, 6) is 0.939. The number of pyridine rings is 1. The van der Waals surface area contributed by atoms with Gasteiger partial charge in [0.05, 0.1) is 0 Å². The standard InChI is InChI=1S/C11H18N2O/c1-11(2,9-14)8-13(3)10-6-4-5-7-12-10/h4-7,14H,8-9H2,1-3H3. The quantitative estimate of drug-likeness (QED) is 0.789. The van der Waals surface area contributed by atoms with Crippen LogP contribution in [0.5, 0.6) is 0 Å². The second-order valence-corrected chi connectivity index (χ2v) is 4.37. The summed E-state index contributed by atoms with van der Waals surface area (Å²) >= 11 is 0. The van der Waals surface area contributed by atoms with Crippen LogP contribution < -0.4 is 4.90 Å². The lowest BCUT2D eigenvalue weighted by Gasteiger charge is -2.29. The van der Waals surface area contributed by atoms with E-state index >= 15 is 0 Å². The molecule has 0 aliphatic heterocycles. The Morgan fingerprint density at radius 3 is 2.64 bits per heavy atom. The fourth-order valence-corrected chi connectivity index (χ4v) is 1.35. The molecule has 0 unspecified atom stereocenters. The summed E-state index contributed by atoms with van der Waals surface area (Å²) in [6, 6.07) is 5.83. The number of hydrogen-bond donors (Lipinski definition) is 1. The minimum Gasteiger partial charge on any atom is -0.396 e. The van der Waals surface area contributed by atoms with Gasteiger partial charge in [-0.2, -0.15) is 0 Å². The molecule has 3 heteroatoms. The van der Waals surface area contributed by atoms with Crippen LogP contribution in [0.3, 0.4) is 0 Å². The van der Waals surface area contributed by atoms with E-state index < -0.39 is 0 Å². The number of aromatic nitrogens is 1. The Bertz CT molecular complexity index is 272. The van der Waals surface area contributed by atoms with Crippen molar-refractivity contribution in [3.05, 3.63) is 24.4 Å². The highest BCUT2D eigenvalue weighted by molar-refractivity contribution is 5.36. The van der Waals surface area contributed by atoms with Crippen molar-refractivity contribution in [3.63, 3.8) is 0 Å². The van der Waals surface area contributed by atoms with Crippen LogP contribution in [0.15, 0.2) is 24.4 Å². The second kappa shape index (κ2) is 4.42. The van der Waals surface area contributed by atoms with E-state index in [-0.39, 0.29) is 12.0 Å². The maximum absolute atomic E-state index is 9.14. The summed E-state index contributed by atoms with van der Waals surface area (Å²) in [7, 11) is 1.99. The number of nitrogens with zero attached hydrogens (tertiary/aromatic N) is 2. The van der Waals surface area contributed by atoms with E-state index in [1.807, 2.05) is 39.1 Å². The Morgan fingerprint density at radius 2 is 2.14 bits per heavy atom. The van der Waals surface area contributed by atoms with Crippen LogP contribution in [-0.4, -0.2) is 30.3 Å². The third-order valence-corrected chi connectivity index (χ3v) is 2.13. The highest BCUT2D eigenvalue weighted by Crippen LogP contribution is 2.18. The molecule has 3 nitrogen and oxygen atoms in total. The van der Waals surface area contributed by atoms with E-state index in [4.69, 9.17) is 5.11 Å². The van der Waals surface area contributed by atoms with Crippen LogP contribution >= 0.6 is 0 Å². The summed E-state index contributed by atoms with van der Waals surface area (Å²) in [5, 5.41) is 9.14. The van der Waals surface area contributed by atoms with Gasteiger partial charge in [0.2, 0.25) is 0 Å². The SMILES string of the molecule is CN(CC(C)(C)CO)c1ccccn1. The van der Waals surface area contributed by atoms with Crippen molar-refractivity contribution in [2.24, 2.45) is 5.41 Å². The van der Waals surface area contributed by atoms with Gasteiger partial charge in [0, 0.05) is 31.8 Å². The molecule has 0 aliphatic carbocycles. The third-order valence-electron chi connectivity index (χ3n) is 2.13. The molecule has 0 aliphatic rings. The van der Waals surface area contributed by atoms with Crippen molar-refractivity contribution >= 4 is 5.82 Å². The summed E-state index contributed by atoms with van der Waals surface area (Å²) < 4.78 is 0. The maximum atomic E-state index is 9.14. The first-order valence-electron chi connectivity index (χ1n) is 4.78. The van der Waals surface area contributed by atoms with Crippen LogP contribution in [-0.2, 0) is 0 Å². The number of rotatable bonds is 4. The zero-order valence-corrected chi connectivity index (χ0v) is 9.07. The van der Waals surface area contributed by atoms with Crippen LogP contribution in [0, 0.1) is 5.41 Å². The first-order chi connectivity index (χ1) is 6.55. The number of aliphatic hydroxyl groups excluding tert-OH is 1. The highest BCUT2D eigenvalue weighted by atomic mass is 16.3.